The molecule has 9 rings (SSSR count). The molecule has 3 aromatic carbocycles. The predicted molar refractivity (Wildman–Crippen MR) is 447 cm³/mol. The fraction of sp³-hybridized carbons (Fsp3) is 0.557. The zero-order valence-electron chi connectivity index (χ0n) is 66.1. The van der Waals surface area contributed by atoms with Gasteiger partial charge in [0.1, 0.15) is 17.2 Å². The smallest absolute Gasteiger partial charge is 0.119 e. The summed E-state index contributed by atoms with van der Waals surface area (Å²) >= 11 is 0. The Kier molecular flexibility index (Phi) is 39.3. The molecule has 0 amide bonds. The summed E-state index contributed by atoms with van der Waals surface area (Å²) in [7, 11) is 0. The Bertz CT molecular complexity index is 3810. The molecular formula is C97H139N5O3. The van der Waals surface area contributed by atoms with E-state index in [1.165, 1.54) is 289 Å². The van der Waals surface area contributed by atoms with E-state index in [1.54, 1.807) is 0 Å². The minimum atomic E-state index is 0.730. The topological polar surface area (TPSA) is 104 Å². The van der Waals surface area contributed by atoms with E-state index >= 15 is 0 Å². The van der Waals surface area contributed by atoms with Crippen molar-refractivity contribution in [3.05, 3.63) is 212 Å². The number of ether oxygens (including phenoxy) is 3. The van der Waals surface area contributed by atoms with Crippen molar-refractivity contribution in [3.8, 4) is 17.2 Å². The average Bonchev–Trinajstić information content (AvgIpc) is 1.68. The molecule has 1 aliphatic rings. The highest BCUT2D eigenvalue weighted by Gasteiger charge is 2.20. The summed E-state index contributed by atoms with van der Waals surface area (Å²) in [4.78, 5) is 20.5. The lowest BCUT2D eigenvalue weighted by Gasteiger charge is -2.11. The van der Waals surface area contributed by atoms with Crippen LogP contribution in [0.3, 0.4) is 0 Å². The quantitative estimate of drug-likeness (QED) is 0.0285. The van der Waals surface area contributed by atoms with Crippen LogP contribution < -0.4 is 35.6 Å². The normalized spacial score (nSPS) is 12.3. The Morgan fingerprint density at radius 2 is 0.390 bits per heavy atom. The van der Waals surface area contributed by atoms with Gasteiger partial charge in [0.15, 0.2) is 0 Å². The molecule has 0 unspecified atom stereocenters. The van der Waals surface area contributed by atoms with Gasteiger partial charge in [0.05, 0.1) is 19.8 Å². The Labute approximate surface area is 636 Å². The summed E-state index contributed by atoms with van der Waals surface area (Å²) in [5, 5.41) is 4.02. The number of rotatable bonds is 58. The van der Waals surface area contributed by atoms with Crippen LogP contribution in [0.4, 0.5) is 0 Å². The number of nitrogens with one attached hydrogen (secondary N) is 4. The van der Waals surface area contributed by atoms with E-state index in [9.17, 15) is 0 Å². The first-order chi connectivity index (χ1) is 52.1. The van der Waals surface area contributed by atoms with E-state index in [1.807, 2.05) is 12.4 Å². The summed E-state index contributed by atoms with van der Waals surface area (Å²) in [5.41, 5.74) is 12.6. The molecular weight excluding hydrogens is 1280 g/mol. The third kappa shape index (κ3) is 29.5. The molecule has 0 radical (unpaired) electrons. The molecule has 105 heavy (non-hydrogen) atoms. The van der Waals surface area contributed by atoms with Crippen molar-refractivity contribution in [2.75, 3.05) is 19.8 Å². The van der Waals surface area contributed by atoms with E-state index in [2.05, 4.69) is 179 Å². The lowest BCUT2D eigenvalue weighted by molar-refractivity contribution is 0.304. The first-order valence-corrected chi connectivity index (χ1v) is 43.5. The van der Waals surface area contributed by atoms with Gasteiger partial charge in [0.25, 0.3) is 0 Å². The van der Waals surface area contributed by atoms with Gasteiger partial charge in [0.2, 0.25) is 0 Å². The maximum absolute atomic E-state index is 6.47. The molecule has 4 N–H and O–H groups in total. The minimum Gasteiger partial charge on any atom is -0.494 e. The number of aromatic nitrogens is 5. The summed E-state index contributed by atoms with van der Waals surface area (Å²) in [5.74, 6) is 2.71. The Hall–Kier alpha value is -7.19. The SMILES string of the molecule is CCCCCCCCCCCCCCCCCCOc1ccc(C2=c3ccc([nH]3)=C(c3ccncc3)c3ccc([nH]3)C(c3ccc(OCCCCCCCCCCCCCCCCCC)cc3)=c3ccc([nH]3)=C(c3ccc(OCCCCCCCCCCCCCCCCCC)cc3)c3ccc2[nH]3)cc1. The highest BCUT2D eigenvalue weighted by Crippen LogP contribution is 2.31. The molecule has 8 bridgehead atoms. The highest BCUT2D eigenvalue weighted by molar-refractivity contribution is 5.85. The monoisotopic (exact) mass is 1420 g/mol. The van der Waals surface area contributed by atoms with Gasteiger partial charge < -0.3 is 34.1 Å². The second-order valence-electron chi connectivity index (χ2n) is 30.9. The van der Waals surface area contributed by atoms with Crippen molar-refractivity contribution in [1.82, 2.24) is 24.9 Å². The van der Waals surface area contributed by atoms with Crippen molar-refractivity contribution in [1.29, 1.82) is 0 Å². The number of hydrogen-bond donors (Lipinski definition) is 4. The fourth-order valence-electron chi connectivity index (χ4n) is 15.8. The van der Waals surface area contributed by atoms with Crippen molar-refractivity contribution in [2.24, 2.45) is 0 Å². The van der Waals surface area contributed by atoms with Gasteiger partial charge in [-0.2, -0.15) is 0 Å². The predicted octanol–water partition coefficient (Wildman–Crippen LogP) is 25.6. The molecule has 5 aromatic heterocycles. The molecule has 0 saturated carbocycles. The van der Waals surface area contributed by atoms with Gasteiger partial charge in [-0.25, -0.2) is 0 Å². The first kappa shape index (κ1) is 81.9. The second-order valence-corrected chi connectivity index (χ2v) is 30.9. The maximum atomic E-state index is 6.47. The Morgan fingerprint density at radius 3 is 0.600 bits per heavy atom. The lowest BCUT2D eigenvalue weighted by atomic mass is 10.0. The number of fused-ring (bicyclic) bond motifs is 8. The van der Waals surface area contributed by atoms with Gasteiger partial charge in [0, 0.05) is 78.9 Å². The summed E-state index contributed by atoms with van der Waals surface area (Å²) < 4.78 is 19.4. The van der Waals surface area contributed by atoms with E-state index in [0.29, 0.717) is 0 Å². The highest BCUT2D eigenvalue weighted by atomic mass is 16.5. The zero-order valence-corrected chi connectivity index (χ0v) is 66.1. The van der Waals surface area contributed by atoms with E-state index < -0.39 is 0 Å². The van der Waals surface area contributed by atoms with E-state index in [4.69, 9.17) is 14.2 Å². The van der Waals surface area contributed by atoms with Crippen LogP contribution in [0.5, 0.6) is 17.2 Å². The number of nitrogens with zero attached hydrogens (tertiary/aromatic N) is 1. The van der Waals surface area contributed by atoms with Crippen molar-refractivity contribution in [3.63, 3.8) is 0 Å². The number of pyridine rings is 1. The van der Waals surface area contributed by atoms with E-state index in [-0.39, 0.29) is 0 Å². The van der Waals surface area contributed by atoms with Crippen molar-refractivity contribution < 1.29 is 14.2 Å². The summed E-state index contributed by atoms with van der Waals surface area (Å²) in [6, 6.07) is 48.4. The van der Waals surface area contributed by atoms with Crippen LogP contribution in [0.25, 0.3) is 22.3 Å². The first-order valence-electron chi connectivity index (χ1n) is 43.5. The number of unbranched alkanes of at least 4 members (excludes halogenated alkanes) is 45. The molecule has 0 atom stereocenters. The zero-order chi connectivity index (χ0) is 72.7. The molecule has 6 heterocycles. The largest absolute Gasteiger partial charge is 0.494 e. The fourth-order valence-corrected chi connectivity index (χ4v) is 15.8. The van der Waals surface area contributed by atoms with E-state index in [0.717, 1.165) is 145 Å². The molecule has 0 saturated heterocycles. The Morgan fingerprint density at radius 1 is 0.200 bits per heavy atom. The number of aromatic amines is 4. The minimum absolute atomic E-state index is 0.730. The molecule has 0 fully saturated rings. The lowest BCUT2D eigenvalue weighted by Crippen LogP contribution is -2.19. The van der Waals surface area contributed by atoms with Crippen LogP contribution in [0, 0.1) is 0 Å². The van der Waals surface area contributed by atoms with Crippen LogP contribution in [0.1, 0.15) is 374 Å². The summed E-state index contributed by atoms with van der Waals surface area (Å²) in [6.45, 7) is 9.10. The number of hydrogen-bond acceptors (Lipinski definition) is 4. The third-order valence-electron chi connectivity index (χ3n) is 22.1. The van der Waals surface area contributed by atoms with Gasteiger partial charge >= 0.3 is 0 Å². The molecule has 8 heteroatoms. The molecule has 570 valence electrons. The molecule has 8 aromatic rings. The van der Waals surface area contributed by atoms with Crippen LogP contribution in [-0.4, -0.2) is 44.7 Å². The van der Waals surface area contributed by atoms with Gasteiger partial charge in [-0.3, -0.25) is 4.98 Å². The molecule has 8 nitrogen and oxygen atoms in total. The summed E-state index contributed by atoms with van der Waals surface area (Å²) in [6.07, 6.45) is 69.0. The van der Waals surface area contributed by atoms with Gasteiger partial charge in [-0.1, -0.05) is 346 Å². The third-order valence-corrected chi connectivity index (χ3v) is 22.1. The number of H-pyrrole nitrogens is 4. The molecule has 0 spiro atoms. The van der Waals surface area contributed by atoms with Crippen LogP contribution in [0.15, 0.2) is 146 Å². The van der Waals surface area contributed by atoms with Crippen LogP contribution >= 0.6 is 0 Å². The van der Waals surface area contributed by atoms with Crippen LogP contribution in [-0.2, 0) is 0 Å². The maximum Gasteiger partial charge on any atom is 0.119 e. The van der Waals surface area contributed by atoms with Crippen LogP contribution in [0.2, 0.25) is 0 Å². The molecule has 1 aliphatic heterocycles. The number of benzene rings is 3. The van der Waals surface area contributed by atoms with Crippen molar-refractivity contribution in [2.45, 2.75) is 329 Å². The second kappa shape index (κ2) is 50.4. The molecule has 0 aliphatic carbocycles. The van der Waals surface area contributed by atoms with Gasteiger partial charge in [-0.05, 0) is 139 Å². The van der Waals surface area contributed by atoms with Gasteiger partial charge in [-0.15, -0.1) is 0 Å². The average molecular weight is 1420 g/mol. The van der Waals surface area contributed by atoms with Crippen molar-refractivity contribution >= 4 is 22.3 Å². The standard InChI is InChI=1S/C97H139N5O3/c1-4-7-10-13-16-19-22-25-28-31-34-37-40-43-46-49-76-103-83-58-52-79(53-59-83)94-86-64-66-88(99-86)95(80-54-60-84(61-55-80)104-77-50-47-44-41-38-35-32-29-26-23-20-17-14-11-8-5-2)90-68-70-92(101-90)97(82-72-74-98-75-73-82)93-71-69-91(102-93)96(89-67-65-87(94)100-89)81-56-62-85(63-57-81)105-78-51-48-45-42-39-36-33-30-27-24-21-18-15-12-9-6-3/h52-75,99-102H,4-51,76-78H2,1-3H3. The Balaban J connectivity index is 0.893.